The fourth-order valence-electron chi connectivity index (χ4n) is 5.15. The number of pyridine rings is 1. The standard InChI is InChI=1S/C26H29ClN2O5S/c1-4-29(18-13-11-16(12-14-18)17-7-5-8-19(15-17)35(3,33)34)26(32)23-24(30)22-20(27)9-6-10-21(22)28(2)25(23)31/h5-10,15-16,18,30H,4,11-14H2,1-3H3. The van der Waals surface area contributed by atoms with Crippen LogP contribution in [-0.4, -0.2) is 47.7 Å². The van der Waals surface area contributed by atoms with Gasteiger partial charge in [-0.1, -0.05) is 29.8 Å². The molecule has 186 valence electrons. The van der Waals surface area contributed by atoms with E-state index in [9.17, 15) is 23.1 Å². The van der Waals surface area contributed by atoms with Crippen molar-refractivity contribution in [1.82, 2.24) is 9.47 Å². The van der Waals surface area contributed by atoms with Gasteiger partial charge in [-0.3, -0.25) is 9.59 Å². The molecule has 0 aliphatic heterocycles. The molecule has 0 unspecified atom stereocenters. The highest BCUT2D eigenvalue weighted by atomic mass is 35.5. The summed E-state index contributed by atoms with van der Waals surface area (Å²) in [4.78, 5) is 28.6. The molecule has 1 aliphatic carbocycles. The van der Waals surface area contributed by atoms with Crippen LogP contribution in [0.3, 0.4) is 0 Å². The molecule has 0 atom stereocenters. The molecule has 1 heterocycles. The average molecular weight is 517 g/mol. The maximum Gasteiger partial charge on any atom is 0.267 e. The van der Waals surface area contributed by atoms with Crippen molar-refractivity contribution < 1.29 is 18.3 Å². The Balaban J connectivity index is 1.60. The van der Waals surface area contributed by atoms with Crippen molar-refractivity contribution in [2.24, 2.45) is 7.05 Å². The van der Waals surface area contributed by atoms with Crippen LogP contribution in [-0.2, 0) is 16.9 Å². The fraction of sp³-hybridized carbons (Fsp3) is 0.385. The predicted molar refractivity (Wildman–Crippen MR) is 137 cm³/mol. The molecule has 0 spiro atoms. The van der Waals surface area contributed by atoms with E-state index in [1.807, 2.05) is 13.0 Å². The Morgan fingerprint density at radius 2 is 1.80 bits per heavy atom. The van der Waals surface area contributed by atoms with Crippen molar-refractivity contribution in [3.05, 3.63) is 69.0 Å². The van der Waals surface area contributed by atoms with Crippen molar-refractivity contribution in [2.45, 2.75) is 49.5 Å². The second-order valence-corrected chi connectivity index (χ2v) is 11.6. The highest BCUT2D eigenvalue weighted by molar-refractivity contribution is 7.90. The van der Waals surface area contributed by atoms with Crippen LogP contribution in [0.2, 0.25) is 5.02 Å². The number of aromatic nitrogens is 1. The Morgan fingerprint density at radius 3 is 2.43 bits per heavy atom. The lowest BCUT2D eigenvalue weighted by Crippen LogP contribution is -2.44. The Hall–Kier alpha value is -2.84. The lowest BCUT2D eigenvalue weighted by molar-refractivity contribution is 0.0634. The normalized spacial score (nSPS) is 18.5. The van der Waals surface area contributed by atoms with Crippen molar-refractivity contribution in [1.29, 1.82) is 0 Å². The van der Waals surface area contributed by atoms with E-state index < -0.39 is 21.3 Å². The summed E-state index contributed by atoms with van der Waals surface area (Å²) < 4.78 is 25.2. The van der Waals surface area contributed by atoms with E-state index in [-0.39, 0.29) is 33.7 Å². The number of amides is 1. The number of aryl methyl sites for hydroxylation is 1. The zero-order chi connectivity index (χ0) is 25.5. The van der Waals surface area contributed by atoms with Gasteiger partial charge in [0.25, 0.3) is 11.5 Å². The topological polar surface area (TPSA) is 96.7 Å². The molecule has 1 N–H and O–H groups in total. The second-order valence-electron chi connectivity index (χ2n) is 9.16. The lowest BCUT2D eigenvalue weighted by atomic mass is 9.81. The van der Waals surface area contributed by atoms with Gasteiger partial charge in [0.1, 0.15) is 11.3 Å². The number of fused-ring (bicyclic) bond motifs is 1. The summed E-state index contributed by atoms with van der Waals surface area (Å²) in [5.41, 5.74) is 0.609. The van der Waals surface area contributed by atoms with E-state index in [0.29, 0.717) is 29.8 Å². The molecule has 1 fully saturated rings. The van der Waals surface area contributed by atoms with Crippen LogP contribution in [0.25, 0.3) is 10.9 Å². The summed E-state index contributed by atoms with van der Waals surface area (Å²) >= 11 is 6.30. The van der Waals surface area contributed by atoms with Gasteiger partial charge in [-0.25, -0.2) is 8.42 Å². The van der Waals surface area contributed by atoms with Crippen LogP contribution in [0.5, 0.6) is 5.75 Å². The van der Waals surface area contributed by atoms with E-state index >= 15 is 0 Å². The maximum atomic E-state index is 13.6. The number of carbonyl (C=O) groups is 1. The monoisotopic (exact) mass is 516 g/mol. The first-order chi connectivity index (χ1) is 16.5. The SMILES string of the molecule is CCN(C(=O)c1c(O)c2c(Cl)cccc2n(C)c1=O)C1CCC(c2cccc(S(C)(=O)=O)c2)CC1. The molecule has 3 aromatic rings. The average Bonchev–Trinajstić information content (AvgIpc) is 2.83. The summed E-state index contributed by atoms with van der Waals surface area (Å²) in [7, 11) is -1.72. The summed E-state index contributed by atoms with van der Waals surface area (Å²) in [5, 5.41) is 11.5. The molecule has 4 rings (SSSR count). The molecular weight excluding hydrogens is 488 g/mol. The summed E-state index contributed by atoms with van der Waals surface area (Å²) in [6.07, 6.45) is 4.20. The minimum atomic E-state index is -3.28. The molecule has 1 amide bonds. The van der Waals surface area contributed by atoms with E-state index in [1.165, 1.54) is 10.8 Å². The van der Waals surface area contributed by atoms with E-state index in [1.54, 1.807) is 48.3 Å². The van der Waals surface area contributed by atoms with Crippen molar-refractivity contribution in [2.75, 3.05) is 12.8 Å². The second kappa shape index (κ2) is 9.66. The molecule has 35 heavy (non-hydrogen) atoms. The Bertz CT molecular complexity index is 1460. The zero-order valence-electron chi connectivity index (χ0n) is 20.0. The smallest absolute Gasteiger partial charge is 0.267 e. The fourth-order valence-corrected chi connectivity index (χ4v) is 6.09. The first-order valence-electron chi connectivity index (χ1n) is 11.7. The molecule has 0 radical (unpaired) electrons. The quantitative estimate of drug-likeness (QED) is 0.539. The Morgan fingerprint density at radius 1 is 1.14 bits per heavy atom. The lowest BCUT2D eigenvalue weighted by Gasteiger charge is -2.36. The Labute approximate surface area is 209 Å². The number of carbonyl (C=O) groups excluding carboxylic acids is 1. The number of halogens is 1. The van der Waals surface area contributed by atoms with Gasteiger partial charge in [0.2, 0.25) is 0 Å². The van der Waals surface area contributed by atoms with E-state index in [0.717, 1.165) is 18.4 Å². The number of aromatic hydroxyl groups is 1. The number of hydrogen-bond donors (Lipinski definition) is 1. The summed E-state index contributed by atoms with van der Waals surface area (Å²) in [5.74, 6) is -0.694. The minimum Gasteiger partial charge on any atom is -0.506 e. The molecule has 1 aliphatic rings. The molecule has 9 heteroatoms. The number of hydrogen-bond acceptors (Lipinski definition) is 5. The van der Waals surface area contributed by atoms with Gasteiger partial charge in [0.15, 0.2) is 9.84 Å². The predicted octanol–water partition coefficient (Wildman–Crippen LogP) is 4.49. The molecule has 7 nitrogen and oxygen atoms in total. The first kappa shape index (κ1) is 25.3. The minimum absolute atomic E-state index is 0.0899. The van der Waals surface area contributed by atoms with Gasteiger partial charge < -0.3 is 14.6 Å². The molecule has 0 saturated heterocycles. The summed E-state index contributed by atoms with van der Waals surface area (Å²) in [6.45, 7) is 2.25. The zero-order valence-corrected chi connectivity index (χ0v) is 21.6. The van der Waals surface area contributed by atoms with Crippen molar-refractivity contribution >= 4 is 38.2 Å². The van der Waals surface area contributed by atoms with Gasteiger partial charge in [-0.05, 0) is 68.4 Å². The highest BCUT2D eigenvalue weighted by Gasteiger charge is 2.33. The highest BCUT2D eigenvalue weighted by Crippen LogP contribution is 2.37. The van der Waals surface area contributed by atoms with Gasteiger partial charge in [0, 0.05) is 25.9 Å². The third-order valence-electron chi connectivity index (χ3n) is 7.06. The van der Waals surface area contributed by atoms with Gasteiger partial charge >= 0.3 is 0 Å². The van der Waals surface area contributed by atoms with Crippen molar-refractivity contribution in [3.8, 4) is 5.75 Å². The van der Waals surface area contributed by atoms with Crippen LogP contribution in [0, 0.1) is 0 Å². The third kappa shape index (κ3) is 4.69. The van der Waals surface area contributed by atoms with E-state index in [4.69, 9.17) is 11.6 Å². The van der Waals surface area contributed by atoms with E-state index in [2.05, 4.69) is 0 Å². The third-order valence-corrected chi connectivity index (χ3v) is 8.48. The largest absolute Gasteiger partial charge is 0.506 e. The number of sulfone groups is 1. The molecule has 1 saturated carbocycles. The maximum absolute atomic E-state index is 13.6. The van der Waals surface area contributed by atoms with Crippen LogP contribution < -0.4 is 5.56 Å². The number of rotatable bonds is 5. The van der Waals surface area contributed by atoms with Crippen LogP contribution >= 0.6 is 11.6 Å². The van der Waals surface area contributed by atoms with Crippen LogP contribution in [0.4, 0.5) is 0 Å². The number of nitrogens with zero attached hydrogens (tertiary/aromatic N) is 2. The van der Waals surface area contributed by atoms with Gasteiger partial charge in [0.05, 0.1) is 20.8 Å². The molecule has 2 aromatic carbocycles. The van der Waals surface area contributed by atoms with Gasteiger partial charge in [-0.2, -0.15) is 0 Å². The number of benzene rings is 2. The Kier molecular flexibility index (Phi) is 6.97. The van der Waals surface area contributed by atoms with Crippen LogP contribution in [0.15, 0.2) is 52.2 Å². The van der Waals surface area contributed by atoms with Crippen LogP contribution in [0.1, 0.15) is 54.4 Å². The van der Waals surface area contributed by atoms with Gasteiger partial charge in [-0.15, -0.1) is 0 Å². The first-order valence-corrected chi connectivity index (χ1v) is 13.9. The summed E-state index contributed by atoms with van der Waals surface area (Å²) in [6, 6.07) is 11.9. The molecular formula is C26H29ClN2O5S. The molecule has 1 aromatic heterocycles. The molecule has 0 bridgehead atoms. The van der Waals surface area contributed by atoms with Crippen molar-refractivity contribution in [3.63, 3.8) is 0 Å².